The van der Waals surface area contributed by atoms with E-state index in [1.165, 1.54) is 24.3 Å². The van der Waals surface area contributed by atoms with Crippen LogP contribution in [0.25, 0.3) is 11.1 Å². The lowest BCUT2D eigenvalue weighted by Gasteiger charge is -2.25. The molecule has 2 aliphatic heterocycles. The number of anilines is 1. The molecule has 0 radical (unpaired) electrons. The van der Waals surface area contributed by atoms with Gasteiger partial charge in [-0.25, -0.2) is 13.2 Å². The van der Waals surface area contributed by atoms with E-state index in [1.54, 1.807) is 55.5 Å². The smallest absolute Gasteiger partial charge is 0.338 e. The second-order valence-electron chi connectivity index (χ2n) is 8.69. The lowest BCUT2D eigenvalue weighted by molar-refractivity contribution is 0.0526. The first-order valence-corrected chi connectivity index (χ1v) is 13.1. The van der Waals surface area contributed by atoms with Crippen molar-refractivity contribution in [1.82, 2.24) is 0 Å². The molecule has 3 unspecified atom stereocenters. The second kappa shape index (κ2) is 9.33. The fourth-order valence-corrected chi connectivity index (χ4v) is 6.35. The third kappa shape index (κ3) is 4.43. The number of ether oxygens (including phenoxy) is 2. The zero-order valence-corrected chi connectivity index (χ0v) is 20.2. The summed E-state index contributed by atoms with van der Waals surface area (Å²) < 4.78 is 40.7. The minimum absolute atomic E-state index is 0.103. The Hall–Kier alpha value is -3.82. The Kier molecular flexibility index (Phi) is 6.19. The molecule has 5 rings (SSSR count). The van der Waals surface area contributed by atoms with Gasteiger partial charge in [-0.3, -0.25) is 4.72 Å². The quantitative estimate of drug-likeness (QED) is 0.410. The average molecular weight is 508 g/mol. The van der Waals surface area contributed by atoms with Gasteiger partial charge >= 0.3 is 5.97 Å². The second-order valence-corrected chi connectivity index (χ2v) is 10.6. The van der Waals surface area contributed by atoms with Gasteiger partial charge in [-0.05, 0) is 84.1 Å². The number of fused-ring (bicyclic) bond motifs is 2. The number of esters is 1. The highest BCUT2D eigenvalue weighted by molar-refractivity contribution is 7.93. The van der Waals surface area contributed by atoms with Crippen molar-refractivity contribution in [1.29, 1.82) is 0 Å². The average Bonchev–Trinajstić information content (AvgIpc) is 3.45. The molecule has 0 aromatic heterocycles. The molecule has 3 N–H and O–H groups in total. The molecule has 0 aliphatic carbocycles. The van der Waals surface area contributed by atoms with Gasteiger partial charge in [0, 0.05) is 5.69 Å². The lowest BCUT2D eigenvalue weighted by atomic mass is 9.83. The van der Waals surface area contributed by atoms with E-state index in [0.717, 1.165) is 22.3 Å². The lowest BCUT2D eigenvalue weighted by Crippen LogP contribution is -2.36. The van der Waals surface area contributed by atoms with Gasteiger partial charge in [0.1, 0.15) is 22.9 Å². The number of nitrogens with one attached hydrogen (secondary N) is 1. The molecule has 0 saturated carbocycles. The molecule has 186 valence electrons. The molecule has 1 saturated heterocycles. The molecule has 8 nitrogen and oxygen atoms in total. The molecular formula is C27H25NO7S. The van der Waals surface area contributed by atoms with E-state index in [2.05, 4.69) is 4.72 Å². The molecule has 2 aliphatic rings. The summed E-state index contributed by atoms with van der Waals surface area (Å²) in [7, 11) is -3.86. The highest BCUT2D eigenvalue weighted by Crippen LogP contribution is 2.50. The zero-order valence-electron chi connectivity index (χ0n) is 19.4. The van der Waals surface area contributed by atoms with Gasteiger partial charge in [0.05, 0.1) is 18.3 Å². The molecule has 1 fully saturated rings. The number of benzene rings is 3. The van der Waals surface area contributed by atoms with Crippen LogP contribution in [-0.2, 0) is 19.5 Å². The molecule has 0 amide bonds. The van der Waals surface area contributed by atoms with Gasteiger partial charge in [-0.15, -0.1) is 0 Å². The number of hydrogen-bond acceptors (Lipinski definition) is 7. The van der Waals surface area contributed by atoms with Crippen molar-refractivity contribution in [2.45, 2.75) is 30.8 Å². The van der Waals surface area contributed by atoms with Gasteiger partial charge in [0.25, 0.3) is 0 Å². The van der Waals surface area contributed by atoms with Crippen molar-refractivity contribution in [3.63, 3.8) is 0 Å². The van der Waals surface area contributed by atoms with Gasteiger partial charge in [-0.2, -0.15) is 0 Å². The number of sulfonamides is 1. The van der Waals surface area contributed by atoms with Gasteiger partial charge < -0.3 is 19.7 Å². The van der Waals surface area contributed by atoms with Crippen molar-refractivity contribution in [3.8, 4) is 11.5 Å². The Balaban J connectivity index is 1.47. The fraction of sp³-hybridized carbons (Fsp3) is 0.222. The molecule has 2 bridgehead atoms. The van der Waals surface area contributed by atoms with Gasteiger partial charge in [0.15, 0.2) is 0 Å². The number of rotatable bonds is 7. The monoisotopic (exact) mass is 507 g/mol. The number of carbonyl (C=O) groups excluding carboxylic acids is 1. The Labute approximate surface area is 208 Å². The zero-order chi connectivity index (χ0) is 25.4. The van der Waals surface area contributed by atoms with E-state index in [1.807, 2.05) is 0 Å². The molecule has 2 heterocycles. The summed E-state index contributed by atoms with van der Waals surface area (Å²) in [5, 5.41) is 18.6. The van der Waals surface area contributed by atoms with Crippen molar-refractivity contribution < 1.29 is 32.9 Å². The van der Waals surface area contributed by atoms with Crippen LogP contribution in [0.15, 0.2) is 72.8 Å². The topological polar surface area (TPSA) is 122 Å². The minimum Gasteiger partial charge on any atom is -0.508 e. The summed E-state index contributed by atoms with van der Waals surface area (Å²) in [5.74, 6) is -0.237. The fourth-order valence-electron chi connectivity index (χ4n) is 4.78. The summed E-state index contributed by atoms with van der Waals surface area (Å²) in [6, 6.07) is 19.4. The third-order valence-electron chi connectivity index (χ3n) is 6.40. The summed E-state index contributed by atoms with van der Waals surface area (Å²) in [6.07, 6.45) is -0.908. The highest BCUT2D eigenvalue weighted by atomic mass is 32.2. The molecule has 9 heteroatoms. The Bertz CT molecular complexity index is 1410. The van der Waals surface area contributed by atoms with E-state index in [0.29, 0.717) is 11.3 Å². The standard InChI is InChI=1S/C27H25NO7S/c1-2-34-27(31)18-3-9-19(10-4-18)28-36(32,33)23-15-22-24(16-5-11-20(29)12-6-16)25(26(23)35-22)17-7-13-21(30)14-8-17/h3-14,22-23,26,28-30H,2,15H2,1H3. The van der Waals surface area contributed by atoms with Crippen molar-refractivity contribution in [2.75, 3.05) is 11.3 Å². The molecular weight excluding hydrogens is 482 g/mol. The van der Waals surface area contributed by atoms with Crippen LogP contribution in [0.2, 0.25) is 0 Å². The van der Waals surface area contributed by atoms with Crippen LogP contribution in [0.4, 0.5) is 5.69 Å². The summed E-state index contributed by atoms with van der Waals surface area (Å²) in [5.41, 5.74) is 3.86. The number of phenols is 2. The van der Waals surface area contributed by atoms with Crippen LogP contribution in [0.1, 0.15) is 34.8 Å². The highest BCUT2D eigenvalue weighted by Gasteiger charge is 2.52. The SMILES string of the molecule is CCOC(=O)c1ccc(NS(=O)(=O)C2CC3OC2C(c2ccc(O)cc2)=C3c2ccc(O)cc2)cc1. The molecule has 3 aromatic rings. The van der Waals surface area contributed by atoms with Crippen molar-refractivity contribution in [2.24, 2.45) is 0 Å². The maximum Gasteiger partial charge on any atom is 0.338 e. The van der Waals surface area contributed by atoms with E-state index < -0.39 is 33.5 Å². The van der Waals surface area contributed by atoms with Crippen molar-refractivity contribution in [3.05, 3.63) is 89.5 Å². The van der Waals surface area contributed by atoms with Crippen LogP contribution >= 0.6 is 0 Å². The van der Waals surface area contributed by atoms with E-state index in [9.17, 15) is 23.4 Å². The molecule has 3 atom stereocenters. The van der Waals surface area contributed by atoms with Crippen LogP contribution < -0.4 is 4.72 Å². The summed E-state index contributed by atoms with van der Waals surface area (Å²) >= 11 is 0. The predicted molar refractivity (Wildman–Crippen MR) is 135 cm³/mol. The maximum absolute atomic E-state index is 13.5. The van der Waals surface area contributed by atoms with Crippen LogP contribution in [0, 0.1) is 0 Å². The normalized spacial score (nSPS) is 21.0. The van der Waals surface area contributed by atoms with Gasteiger partial charge in [-0.1, -0.05) is 24.3 Å². The Morgan fingerprint density at radius 2 is 1.47 bits per heavy atom. The minimum atomic E-state index is -3.86. The van der Waals surface area contributed by atoms with Crippen LogP contribution in [0.5, 0.6) is 11.5 Å². The Morgan fingerprint density at radius 3 is 2.03 bits per heavy atom. The number of phenolic OH excluding ortho intramolecular Hbond substituents is 2. The van der Waals surface area contributed by atoms with E-state index in [4.69, 9.17) is 9.47 Å². The van der Waals surface area contributed by atoms with Crippen LogP contribution in [-0.4, -0.2) is 48.7 Å². The first kappa shape index (κ1) is 23.9. The first-order chi connectivity index (χ1) is 17.3. The van der Waals surface area contributed by atoms with Gasteiger partial charge in [0.2, 0.25) is 10.0 Å². The number of carbonyl (C=O) groups is 1. The molecule has 0 spiro atoms. The number of hydrogen-bond donors (Lipinski definition) is 3. The predicted octanol–water partition coefficient (Wildman–Crippen LogP) is 4.17. The van der Waals surface area contributed by atoms with Crippen LogP contribution in [0.3, 0.4) is 0 Å². The first-order valence-electron chi connectivity index (χ1n) is 11.5. The van der Waals surface area contributed by atoms with Crippen molar-refractivity contribution >= 4 is 32.8 Å². The summed E-state index contributed by atoms with van der Waals surface area (Å²) in [6.45, 7) is 1.96. The molecule has 3 aromatic carbocycles. The Morgan fingerprint density at radius 1 is 0.917 bits per heavy atom. The summed E-state index contributed by atoms with van der Waals surface area (Å²) in [4.78, 5) is 11.9. The third-order valence-corrected chi connectivity index (χ3v) is 8.16. The van der Waals surface area contributed by atoms with E-state index >= 15 is 0 Å². The van der Waals surface area contributed by atoms with E-state index in [-0.39, 0.29) is 24.5 Å². The molecule has 36 heavy (non-hydrogen) atoms. The number of aromatic hydroxyl groups is 2. The largest absolute Gasteiger partial charge is 0.508 e. The maximum atomic E-state index is 13.5.